The fourth-order valence-corrected chi connectivity index (χ4v) is 3.47. The Bertz CT molecular complexity index is 916. The molecule has 1 aliphatic rings. The van der Waals surface area contributed by atoms with Gasteiger partial charge in [0.1, 0.15) is 5.52 Å². The van der Waals surface area contributed by atoms with E-state index in [4.69, 9.17) is 27.6 Å². The van der Waals surface area contributed by atoms with Crippen LogP contribution in [0.25, 0.3) is 11.1 Å². The second-order valence-corrected chi connectivity index (χ2v) is 7.15. The van der Waals surface area contributed by atoms with Gasteiger partial charge in [-0.05, 0) is 43.2 Å². The van der Waals surface area contributed by atoms with Gasteiger partial charge < -0.3 is 14.6 Å². The first-order valence-electron chi connectivity index (χ1n) is 8.46. The average Bonchev–Trinajstić information content (AvgIpc) is 3.09. The van der Waals surface area contributed by atoms with Crippen LogP contribution in [0.5, 0.6) is 0 Å². The van der Waals surface area contributed by atoms with E-state index in [1.807, 2.05) is 24.3 Å². The molecule has 7 heteroatoms. The second kappa shape index (κ2) is 7.17. The SMILES string of the molecule is O=C(Nc1ccc(Cl)c(Cl)c1)N1CCC(c2nc3ccccc3o2)CC1. The van der Waals surface area contributed by atoms with Gasteiger partial charge in [-0.25, -0.2) is 9.78 Å². The third-order valence-corrected chi connectivity index (χ3v) is 5.35. The lowest BCUT2D eigenvalue weighted by molar-refractivity contribution is 0.190. The number of hydrogen-bond acceptors (Lipinski definition) is 3. The van der Waals surface area contributed by atoms with Crippen LogP contribution in [0.15, 0.2) is 46.9 Å². The first-order chi connectivity index (χ1) is 12.6. The van der Waals surface area contributed by atoms with Gasteiger partial charge in [0.05, 0.1) is 10.0 Å². The number of aromatic nitrogens is 1. The van der Waals surface area contributed by atoms with Crippen LogP contribution in [0.4, 0.5) is 10.5 Å². The highest BCUT2D eigenvalue weighted by Gasteiger charge is 2.27. The van der Waals surface area contributed by atoms with E-state index in [-0.39, 0.29) is 11.9 Å². The molecule has 0 aliphatic carbocycles. The van der Waals surface area contributed by atoms with E-state index in [1.165, 1.54) is 0 Å². The Morgan fingerprint density at radius 1 is 1.12 bits per heavy atom. The highest BCUT2D eigenvalue weighted by atomic mass is 35.5. The van der Waals surface area contributed by atoms with E-state index < -0.39 is 0 Å². The summed E-state index contributed by atoms with van der Waals surface area (Å²) in [6.45, 7) is 1.30. The van der Waals surface area contributed by atoms with Crippen molar-refractivity contribution in [3.8, 4) is 0 Å². The number of amides is 2. The monoisotopic (exact) mass is 389 g/mol. The molecule has 2 amide bonds. The van der Waals surface area contributed by atoms with Gasteiger partial charge >= 0.3 is 6.03 Å². The second-order valence-electron chi connectivity index (χ2n) is 6.34. The van der Waals surface area contributed by atoms with Gasteiger partial charge in [-0.2, -0.15) is 0 Å². The summed E-state index contributed by atoms with van der Waals surface area (Å²) < 4.78 is 5.87. The maximum atomic E-state index is 12.4. The molecule has 5 nitrogen and oxygen atoms in total. The molecule has 0 saturated carbocycles. The number of nitrogens with zero attached hydrogens (tertiary/aromatic N) is 2. The summed E-state index contributed by atoms with van der Waals surface area (Å²) in [5.41, 5.74) is 2.31. The largest absolute Gasteiger partial charge is 0.440 e. The molecular weight excluding hydrogens is 373 g/mol. The maximum Gasteiger partial charge on any atom is 0.321 e. The van der Waals surface area contributed by atoms with Crippen molar-refractivity contribution in [2.75, 3.05) is 18.4 Å². The fraction of sp³-hybridized carbons (Fsp3) is 0.263. The average molecular weight is 390 g/mol. The Labute approximate surface area is 160 Å². The lowest BCUT2D eigenvalue weighted by atomic mass is 9.97. The molecule has 1 N–H and O–H groups in total. The molecule has 1 aromatic heterocycles. The molecule has 0 spiro atoms. The van der Waals surface area contributed by atoms with E-state index in [9.17, 15) is 4.79 Å². The van der Waals surface area contributed by atoms with Crippen LogP contribution in [-0.4, -0.2) is 29.0 Å². The minimum absolute atomic E-state index is 0.139. The van der Waals surface area contributed by atoms with Crippen molar-refractivity contribution in [1.82, 2.24) is 9.88 Å². The molecule has 26 heavy (non-hydrogen) atoms. The van der Waals surface area contributed by atoms with Gasteiger partial charge in [0, 0.05) is 24.7 Å². The van der Waals surface area contributed by atoms with Crippen LogP contribution >= 0.6 is 23.2 Å². The summed E-state index contributed by atoms with van der Waals surface area (Å²) in [7, 11) is 0. The van der Waals surface area contributed by atoms with Crippen LogP contribution in [0.1, 0.15) is 24.7 Å². The number of halogens is 2. The molecule has 134 valence electrons. The fourth-order valence-electron chi connectivity index (χ4n) is 3.17. The zero-order valence-corrected chi connectivity index (χ0v) is 15.4. The Balaban J connectivity index is 1.38. The summed E-state index contributed by atoms with van der Waals surface area (Å²) in [5, 5.41) is 3.74. The zero-order chi connectivity index (χ0) is 18.1. The molecule has 0 bridgehead atoms. The molecule has 0 atom stereocenters. The minimum Gasteiger partial charge on any atom is -0.440 e. The molecule has 1 fully saturated rings. The molecule has 2 heterocycles. The number of rotatable bonds is 2. The lowest BCUT2D eigenvalue weighted by Crippen LogP contribution is -2.40. The number of carbonyl (C=O) groups is 1. The number of piperidine rings is 1. The minimum atomic E-state index is -0.139. The summed E-state index contributed by atoms with van der Waals surface area (Å²) in [6.07, 6.45) is 1.64. The predicted octanol–water partition coefficient (Wildman–Crippen LogP) is 5.55. The van der Waals surface area contributed by atoms with E-state index in [0.717, 1.165) is 29.8 Å². The summed E-state index contributed by atoms with van der Waals surface area (Å²) in [4.78, 5) is 18.8. The van der Waals surface area contributed by atoms with Crippen molar-refractivity contribution in [3.05, 3.63) is 58.4 Å². The van der Waals surface area contributed by atoms with Crippen molar-refractivity contribution in [1.29, 1.82) is 0 Å². The van der Waals surface area contributed by atoms with Crippen molar-refractivity contribution in [2.24, 2.45) is 0 Å². The maximum absolute atomic E-state index is 12.4. The van der Waals surface area contributed by atoms with Crippen LogP contribution in [0.3, 0.4) is 0 Å². The number of oxazole rings is 1. The smallest absolute Gasteiger partial charge is 0.321 e. The summed E-state index contributed by atoms with van der Waals surface area (Å²) in [6, 6.07) is 12.7. The highest BCUT2D eigenvalue weighted by molar-refractivity contribution is 6.42. The van der Waals surface area contributed by atoms with Crippen LogP contribution in [-0.2, 0) is 0 Å². The predicted molar refractivity (Wildman–Crippen MR) is 103 cm³/mol. The van der Waals surface area contributed by atoms with Crippen molar-refractivity contribution in [2.45, 2.75) is 18.8 Å². The Morgan fingerprint density at radius 2 is 1.88 bits per heavy atom. The summed E-state index contributed by atoms with van der Waals surface area (Å²) >= 11 is 11.9. The number of fused-ring (bicyclic) bond motifs is 1. The zero-order valence-electron chi connectivity index (χ0n) is 13.9. The van der Waals surface area contributed by atoms with Crippen molar-refractivity contribution < 1.29 is 9.21 Å². The number of nitrogens with one attached hydrogen (secondary N) is 1. The van der Waals surface area contributed by atoms with Crippen LogP contribution in [0, 0.1) is 0 Å². The summed E-state index contributed by atoms with van der Waals surface area (Å²) in [5.74, 6) is 0.993. The molecule has 1 saturated heterocycles. The van der Waals surface area contributed by atoms with Crippen LogP contribution in [0.2, 0.25) is 10.0 Å². The third kappa shape index (κ3) is 3.50. The number of likely N-dealkylation sites (tertiary alicyclic amines) is 1. The highest BCUT2D eigenvalue weighted by Crippen LogP contribution is 2.30. The molecule has 2 aromatic carbocycles. The third-order valence-electron chi connectivity index (χ3n) is 4.61. The standard InChI is InChI=1S/C19H17Cl2N3O2/c20-14-6-5-13(11-15(14)21)22-19(25)24-9-7-12(8-10-24)18-23-16-3-1-2-4-17(16)26-18/h1-6,11-12H,7-10H2,(H,22,25). The molecule has 1 aliphatic heterocycles. The van der Waals surface area contributed by atoms with Gasteiger partial charge in [-0.1, -0.05) is 35.3 Å². The van der Waals surface area contributed by atoms with E-state index >= 15 is 0 Å². The van der Waals surface area contributed by atoms with Gasteiger partial charge in [-0.3, -0.25) is 0 Å². The number of benzene rings is 2. The number of hydrogen-bond donors (Lipinski definition) is 1. The quantitative estimate of drug-likeness (QED) is 0.625. The molecule has 0 unspecified atom stereocenters. The number of carbonyl (C=O) groups excluding carboxylic acids is 1. The van der Waals surface area contributed by atoms with Gasteiger partial charge in [-0.15, -0.1) is 0 Å². The number of anilines is 1. The molecule has 3 aromatic rings. The lowest BCUT2D eigenvalue weighted by Gasteiger charge is -2.30. The molecule has 0 radical (unpaired) electrons. The van der Waals surface area contributed by atoms with Crippen molar-refractivity contribution >= 4 is 46.0 Å². The van der Waals surface area contributed by atoms with Gasteiger partial charge in [0.15, 0.2) is 11.5 Å². The molecule has 4 rings (SSSR count). The normalized spacial score (nSPS) is 15.4. The number of para-hydroxylation sites is 2. The van der Waals surface area contributed by atoms with E-state index in [0.29, 0.717) is 28.8 Å². The van der Waals surface area contributed by atoms with Gasteiger partial charge in [0.2, 0.25) is 0 Å². The van der Waals surface area contributed by atoms with Crippen molar-refractivity contribution in [3.63, 3.8) is 0 Å². The van der Waals surface area contributed by atoms with Crippen LogP contribution < -0.4 is 5.32 Å². The Kier molecular flexibility index (Phi) is 4.74. The Hall–Kier alpha value is -2.24. The van der Waals surface area contributed by atoms with E-state index in [1.54, 1.807) is 23.1 Å². The first-order valence-corrected chi connectivity index (χ1v) is 9.22. The van der Waals surface area contributed by atoms with Gasteiger partial charge in [0.25, 0.3) is 0 Å². The first kappa shape index (κ1) is 17.2. The van der Waals surface area contributed by atoms with E-state index in [2.05, 4.69) is 10.3 Å². The topological polar surface area (TPSA) is 58.4 Å². The molecular formula is C19H17Cl2N3O2. The Morgan fingerprint density at radius 3 is 2.62 bits per heavy atom. The number of urea groups is 1.